The summed E-state index contributed by atoms with van der Waals surface area (Å²) in [4.78, 5) is 25.4. The monoisotopic (exact) mass is 324 g/mol. The van der Waals surface area contributed by atoms with Crippen LogP contribution in [0.2, 0.25) is 0 Å². The minimum Gasteiger partial charge on any atom is -0.352 e. The third kappa shape index (κ3) is 2.66. The number of carbonyl (C=O) groups excluding carboxylic acids is 1. The van der Waals surface area contributed by atoms with Crippen molar-refractivity contribution in [1.29, 1.82) is 0 Å². The zero-order valence-corrected chi connectivity index (χ0v) is 13.4. The zero-order valence-electron chi connectivity index (χ0n) is 12.6. The number of anilines is 1. The summed E-state index contributed by atoms with van der Waals surface area (Å²) < 4.78 is 1.12. The Kier molecular flexibility index (Phi) is 3.67. The second-order valence-corrected chi connectivity index (χ2v) is 6.39. The number of rotatable bonds is 2. The van der Waals surface area contributed by atoms with Crippen LogP contribution in [0.4, 0.5) is 5.82 Å². The van der Waals surface area contributed by atoms with Crippen LogP contribution in [0, 0.1) is 0 Å². The van der Waals surface area contributed by atoms with Crippen LogP contribution in [0.15, 0.2) is 48.1 Å². The van der Waals surface area contributed by atoms with Crippen molar-refractivity contribution in [3.63, 3.8) is 0 Å². The van der Waals surface area contributed by atoms with Crippen molar-refractivity contribution in [1.82, 2.24) is 14.9 Å². The summed E-state index contributed by atoms with van der Waals surface area (Å²) in [5.74, 6) is 1.09. The molecule has 0 saturated carbocycles. The maximum absolute atomic E-state index is 12.5. The van der Waals surface area contributed by atoms with Crippen molar-refractivity contribution in [2.45, 2.75) is 0 Å². The summed E-state index contributed by atoms with van der Waals surface area (Å²) in [6.45, 7) is 3.01. The molecule has 1 aromatic carbocycles. The first-order valence-corrected chi connectivity index (χ1v) is 8.48. The van der Waals surface area contributed by atoms with Gasteiger partial charge < -0.3 is 9.80 Å². The number of fused-ring (bicyclic) bond motifs is 1. The second kappa shape index (κ2) is 5.96. The Bertz CT molecular complexity index is 825. The molecule has 2 aromatic heterocycles. The van der Waals surface area contributed by atoms with Crippen molar-refractivity contribution >= 4 is 33.3 Å². The highest BCUT2D eigenvalue weighted by molar-refractivity contribution is 7.17. The van der Waals surface area contributed by atoms with Gasteiger partial charge in [0.25, 0.3) is 5.91 Å². The second-order valence-electron chi connectivity index (χ2n) is 5.48. The lowest BCUT2D eigenvalue weighted by molar-refractivity contribution is 0.0746. The average molecular weight is 324 g/mol. The predicted octanol–water partition coefficient (Wildman–Crippen LogP) is 2.65. The fourth-order valence-corrected chi connectivity index (χ4v) is 3.75. The summed E-state index contributed by atoms with van der Waals surface area (Å²) in [6.07, 6.45) is 1.62. The maximum atomic E-state index is 12.5. The van der Waals surface area contributed by atoms with E-state index in [1.165, 1.54) is 0 Å². The molecule has 6 heteroatoms. The molecule has 0 radical (unpaired) electrons. The van der Waals surface area contributed by atoms with Crippen LogP contribution in [0.25, 0.3) is 10.2 Å². The Hall–Kier alpha value is -2.47. The molecule has 0 N–H and O–H groups in total. The van der Waals surface area contributed by atoms with Crippen LogP contribution in [-0.4, -0.2) is 47.0 Å². The number of amides is 1. The number of thiophene rings is 1. The molecule has 0 unspecified atom stereocenters. The Balaban J connectivity index is 1.49. The lowest BCUT2D eigenvalue weighted by Crippen LogP contribution is -2.49. The maximum Gasteiger partial charge on any atom is 0.253 e. The molecule has 1 amide bonds. The third-order valence-electron chi connectivity index (χ3n) is 4.11. The highest BCUT2D eigenvalue weighted by Gasteiger charge is 2.24. The van der Waals surface area contributed by atoms with Crippen LogP contribution in [0.5, 0.6) is 0 Å². The Morgan fingerprint density at radius 1 is 1.00 bits per heavy atom. The summed E-state index contributed by atoms with van der Waals surface area (Å²) in [7, 11) is 0. The van der Waals surface area contributed by atoms with Gasteiger partial charge in [-0.05, 0) is 23.6 Å². The van der Waals surface area contributed by atoms with E-state index in [2.05, 4.69) is 14.9 Å². The molecule has 3 aromatic rings. The van der Waals surface area contributed by atoms with Gasteiger partial charge in [0.15, 0.2) is 0 Å². The first kappa shape index (κ1) is 14.1. The van der Waals surface area contributed by atoms with Gasteiger partial charge in [-0.1, -0.05) is 18.2 Å². The number of carbonyl (C=O) groups is 1. The number of benzene rings is 1. The molecule has 1 fully saturated rings. The molecule has 3 heterocycles. The number of hydrogen-bond acceptors (Lipinski definition) is 5. The molecule has 116 valence electrons. The van der Waals surface area contributed by atoms with Gasteiger partial charge in [-0.15, -0.1) is 11.3 Å². The van der Waals surface area contributed by atoms with Crippen LogP contribution in [-0.2, 0) is 0 Å². The van der Waals surface area contributed by atoms with Crippen LogP contribution in [0.3, 0.4) is 0 Å². The van der Waals surface area contributed by atoms with E-state index >= 15 is 0 Å². The fourth-order valence-electron chi connectivity index (χ4n) is 2.89. The summed E-state index contributed by atoms with van der Waals surface area (Å²) in [5.41, 5.74) is 1.74. The number of nitrogens with zero attached hydrogens (tertiary/aromatic N) is 4. The third-order valence-corrected chi connectivity index (χ3v) is 5.01. The van der Waals surface area contributed by atoms with Gasteiger partial charge in [0.1, 0.15) is 12.1 Å². The van der Waals surface area contributed by atoms with Crippen LogP contribution in [0.1, 0.15) is 10.4 Å². The highest BCUT2D eigenvalue weighted by Crippen LogP contribution is 2.28. The van der Waals surface area contributed by atoms with Gasteiger partial charge in [0.2, 0.25) is 0 Å². The van der Waals surface area contributed by atoms with E-state index in [9.17, 15) is 4.79 Å². The molecule has 4 rings (SSSR count). The minimum atomic E-state index is 0.106. The van der Waals surface area contributed by atoms with E-state index in [0.717, 1.165) is 34.7 Å². The predicted molar refractivity (Wildman–Crippen MR) is 92.0 cm³/mol. The lowest BCUT2D eigenvalue weighted by Gasteiger charge is -2.35. The summed E-state index contributed by atoms with van der Waals surface area (Å²) in [5, 5.41) is 2.04. The molecular formula is C17H16N4OS. The Labute approximate surface area is 138 Å². The smallest absolute Gasteiger partial charge is 0.253 e. The fraction of sp³-hybridized carbons (Fsp3) is 0.235. The molecule has 0 aliphatic carbocycles. The highest BCUT2D eigenvalue weighted by atomic mass is 32.1. The number of hydrogen-bond donors (Lipinski definition) is 0. The van der Waals surface area contributed by atoms with Crippen LogP contribution >= 0.6 is 11.3 Å². The molecule has 1 aliphatic heterocycles. The van der Waals surface area contributed by atoms with Crippen molar-refractivity contribution < 1.29 is 4.79 Å². The Morgan fingerprint density at radius 2 is 1.78 bits per heavy atom. The molecule has 23 heavy (non-hydrogen) atoms. The van der Waals surface area contributed by atoms with E-state index in [1.54, 1.807) is 17.7 Å². The summed E-state index contributed by atoms with van der Waals surface area (Å²) in [6, 6.07) is 11.5. The van der Waals surface area contributed by atoms with E-state index in [0.29, 0.717) is 13.1 Å². The van der Waals surface area contributed by atoms with Gasteiger partial charge in [0, 0.05) is 31.7 Å². The van der Waals surface area contributed by atoms with Gasteiger partial charge >= 0.3 is 0 Å². The Morgan fingerprint density at radius 3 is 2.57 bits per heavy atom. The number of aromatic nitrogens is 2. The lowest BCUT2D eigenvalue weighted by atomic mass is 10.2. The van der Waals surface area contributed by atoms with Crippen molar-refractivity contribution in [3.05, 3.63) is 53.7 Å². The summed E-state index contributed by atoms with van der Waals surface area (Å²) >= 11 is 1.66. The molecule has 0 atom stereocenters. The molecule has 1 aliphatic rings. The molecule has 5 nitrogen and oxygen atoms in total. The van der Waals surface area contributed by atoms with Gasteiger partial charge in [-0.3, -0.25) is 4.79 Å². The first-order chi connectivity index (χ1) is 11.3. The van der Waals surface area contributed by atoms with Crippen LogP contribution < -0.4 is 4.90 Å². The quantitative estimate of drug-likeness (QED) is 0.727. The number of piperazine rings is 1. The van der Waals surface area contributed by atoms with Crippen molar-refractivity contribution in [2.24, 2.45) is 0 Å². The standard InChI is InChI=1S/C17H16N4OS/c22-17(13-4-2-1-3-5-13)21-9-7-20(8-10-21)16-15-14(6-11-23-15)18-12-19-16/h1-6,11-12H,7-10H2. The zero-order chi connectivity index (χ0) is 15.6. The van der Waals surface area contributed by atoms with E-state index in [4.69, 9.17) is 0 Å². The van der Waals surface area contributed by atoms with Gasteiger partial charge in [-0.2, -0.15) is 0 Å². The molecule has 1 saturated heterocycles. The van der Waals surface area contributed by atoms with E-state index < -0.39 is 0 Å². The SMILES string of the molecule is O=C(c1ccccc1)N1CCN(c2ncnc3ccsc23)CC1. The normalized spacial score (nSPS) is 15.1. The van der Waals surface area contributed by atoms with Crippen molar-refractivity contribution in [3.8, 4) is 0 Å². The molecule has 0 spiro atoms. The average Bonchev–Trinajstić information content (AvgIpc) is 3.11. The topological polar surface area (TPSA) is 49.3 Å². The van der Waals surface area contributed by atoms with E-state index in [-0.39, 0.29) is 5.91 Å². The van der Waals surface area contributed by atoms with Crippen molar-refractivity contribution in [2.75, 3.05) is 31.1 Å². The van der Waals surface area contributed by atoms with E-state index in [1.807, 2.05) is 46.7 Å². The van der Waals surface area contributed by atoms with Gasteiger partial charge in [-0.25, -0.2) is 9.97 Å². The van der Waals surface area contributed by atoms with Gasteiger partial charge in [0.05, 0.1) is 10.2 Å². The largest absolute Gasteiger partial charge is 0.352 e. The first-order valence-electron chi connectivity index (χ1n) is 7.60. The molecular weight excluding hydrogens is 308 g/mol. The molecule has 0 bridgehead atoms. The minimum absolute atomic E-state index is 0.106.